The predicted molar refractivity (Wildman–Crippen MR) is 95.2 cm³/mol. The number of carbonyl (C=O) groups is 1. The van der Waals surface area contributed by atoms with Crippen molar-refractivity contribution in [1.29, 1.82) is 0 Å². The summed E-state index contributed by atoms with van der Waals surface area (Å²) in [6.45, 7) is 3.19. The number of aromatic nitrogens is 2. The molecule has 0 radical (unpaired) electrons. The highest BCUT2D eigenvalue weighted by atomic mass is 32.1. The Morgan fingerprint density at radius 2 is 1.96 bits per heavy atom. The molecule has 0 atom stereocenters. The highest BCUT2D eigenvalue weighted by Crippen LogP contribution is 2.35. The highest BCUT2D eigenvalue weighted by molar-refractivity contribution is 7.22. The van der Waals surface area contributed by atoms with Gasteiger partial charge in [0.1, 0.15) is 17.1 Å². The van der Waals surface area contributed by atoms with Crippen LogP contribution in [0.1, 0.15) is 12.5 Å². The van der Waals surface area contributed by atoms with Crippen molar-refractivity contribution in [2.24, 2.45) is 0 Å². The summed E-state index contributed by atoms with van der Waals surface area (Å²) in [5.74, 6) is -0.492. The van der Waals surface area contributed by atoms with Crippen LogP contribution in [-0.2, 0) is 16.1 Å². The number of rotatable bonds is 4. The number of aromatic hydroxyl groups is 1. The van der Waals surface area contributed by atoms with Crippen molar-refractivity contribution < 1.29 is 14.6 Å². The molecule has 2 N–H and O–H groups in total. The molecule has 0 fully saturated rings. The van der Waals surface area contributed by atoms with Gasteiger partial charge in [0.15, 0.2) is 0 Å². The summed E-state index contributed by atoms with van der Waals surface area (Å²) < 4.78 is 5.66. The summed E-state index contributed by atoms with van der Waals surface area (Å²) >= 11 is 1.28. The van der Waals surface area contributed by atoms with E-state index in [1.54, 1.807) is 38.1 Å². The van der Waals surface area contributed by atoms with Gasteiger partial charge in [0.25, 0.3) is 5.56 Å². The number of nitrogens with one attached hydrogen (secondary N) is 1. The number of phenolic OH excluding ortho intramolecular Hbond substituents is 1. The van der Waals surface area contributed by atoms with Gasteiger partial charge in [-0.15, -0.1) is 11.3 Å². The third kappa shape index (κ3) is 3.08. The predicted octanol–water partition coefficient (Wildman–Crippen LogP) is 2.00. The maximum Gasteiger partial charge on any atom is 0.329 e. The number of fused-ring (bicyclic) bond motifs is 1. The topological polar surface area (TPSA) is 101 Å². The van der Waals surface area contributed by atoms with E-state index < -0.39 is 23.8 Å². The number of aryl methyl sites for hydroxylation is 1. The molecule has 7 nitrogen and oxygen atoms in total. The van der Waals surface area contributed by atoms with Gasteiger partial charge in [-0.25, -0.2) is 9.36 Å². The highest BCUT2D eigenvalue weighted by Gasteiger charge is 2.18. The molecular formula is C17H16N2O5S. The standard InChI is InChI=1S/C17H16N2O5S/c1-3-24-12(21)8-19-16(22)13-9(2)14(25-15(13)18-17(19)23)10-4-6-11(20)7-5-10/h4-7,20H,3,8H2,1-2H3,(H,18,23). The Morgan fingerprint density at radius 3 is 2.60 bits per heavy atom. The van der Waals surface area contributed by atoms with Crippen LogP contribution in [0, 0.1) is 6.92 Å². The number of carbonyl (C=O) groups excluding carboxylic acids is 1. The maximum atomic E-state index is 12.7. The Hall–Kier alpha value is -2.87. The molecule has 0 aliphatic rings. The number of nitrogens with zero attached hydrogens (tertiary/aromatic N) is 1. The van der Waals surface area contributed by atoms with Gasteiger partial charge in [0.2, 0.25) is 0 Å². The van der Waals surface area contributed by atoms with E-state index in [0.717, 1.165) is 15.0 Å². The van der Waals surface area contributed by atoms with E-state index in [-0.39, 0.29) is 12.4 Å². The van der Waals surface area contributed by atoms with Gasteiger partial charge in [-0.3, -0.25) is 14.6 Å². The van der Waals surface area contributed by atoms with Crippen LogP contribution in [0.2, 0.25) is 0 Å². The molecule has 1 aromatic carbocycles. The molecule has 0 aliphatic heterocycles. The smallest absolute Gasteiger partial charge is 0.329 e. The fourth-order valence-corrected chi connectivity index (χ4v) is 3.81. The van der Waals surface area contributed by atoms with Crippen LogP contribution < -0.4 is 11.2 Å². The van der Waals surface area contributed by atoms with Crippen LogP contribution in [0.4, 0.5) is 0 Å². The van der Waals surface area contributed by atoms with E-state index in [9.17, 15) is 19.5 Å². The summed E-state index contributed by atoms with van der Waals surface area (Å²) in [5.41, 5.74) is 0.368. The number of aromatic amines is 1. The van der Waals surface area contributed by atoms with Crippen molar-refractivity contribution in [3.63, 3.8) is 0 Å². The van der Waals surface area contributed by atoms with Crippen LogP contribution in [0.3, 0.4) is 0 Å². The minimum Gasteiger partial charge on any atom is -0.508 e. The lowest BCUT2D eigenvalue weighted by Crippen LogP contribution is -2.37. The molecule has 0 bridgehead atoms. The molecule has 8 heteroatoms. The van der Waals surface area contributed by atoms with Crippen LogP contribution in [0.25, 0.3) is 20.7 Å². The first-order chi connectivity index (χ1) is 11.9. The molecule has 25 heavy (non-hydrogen) atoms. The van der Waals surface area contributed by atoms with E-state index >= 15 is 0 Å². The number of phenols is 1. The number of ether oxygens (including phenoxy) is 1. The number of hydrogen-bond donors (Lipinski definition) is 2. The number of thiophene rings is 1. The first-order valence-corrected chi connectivity index (χ1v) is 8.45. The van der Waals surface area contributed by atoms with Crippen molar-refractivity contribution in [2.75, 3.05) is 6.61 Å². The second kappa shape index (κ2) is 6.56. The molecule has 0 saturated heterocycles. The fraction of sp³-hybridized carbons (Fsp3) is 0.235. The number of hydrogen-bond acceptors (Lipinski definition) is 6. The van der Waals surface area contributed by atoms with Crippen LogP contribution in [-0.4, -0.2) is 27.2 Å². The summed E-state index contributed by atoms with van der Waals surface area (Å²) in [4.78, 5) is 40.4. The SMILES string of the molecule is CCOC(=O)Cn1c(=O)[nH]c2sc(-c3ccc(O)cc3)c(C)c2c1=O. The third-order valence-corrected chi connectivity index (χ3v) is 5.05. The van der Waals surface area contributed by atoms with Gasteiger partial charge >= 0.3 is 11.7 Å². The molecule has 2 aromatic heterocycles. The molecule has 3 rings (SSSR count). The van der Waals surface area contributed by atoms with E-state index in [0.29, 0.717) is 15.8 Å². The van der Waals surface area contributed by atoms with Crippen LogP contribution in [0.15, 0.2) is 33.9 Å². The number of H-pyrrole nitrogens is 1. The van der Waals surface area contributed by atoms with Gasteiger partial charge in [-0.05, 0) is 49.2 Å². The first-order valence-electron chi connectivity index (χ1n) is 7.63. The Labute approximate surface area is 146 Å². The van der Waals surface area contributed by atoms with Crippen molar-refractivity contribution in [2.45, 2.75) is 20.4 Å². The van der Waals surface area contributed by atoms with Gasteiger partial charge in [0.05, 0.1) is 12.0 Å². The second-order valence-electron chi connectivity index (χ2n) is 5.43. The zero-order valence-electron chi connectivity index (χ0n) is 13.7. The van der Waals surface area contributed by atoms with E-state index in [4.69, 9.17) is 4.74 Å². The minimum absolute atomic E-state index is 0.146. The van der Waals surface area contributed by atoms with Crippen molar-refractivity contribution in [3.05, 3.63) is 50.7 Å². The number of benzene rings is 1. The molecule has 0 amide bonds. The summed E-state index contributed by atoms with van der Waals surface area (Å²) in [6.07, 6.45) is 0. The largest absolute Gasteiger partial charge is 0.508 e. The summed E-state index contributed by atoms with van der Waals surface area (Å²) in [7, 11) is 0. The molecule has 0 spiro atoms. The lowest BCUT2D eigenvalue weighted by molar-refractivity contribution is -0.143. The minimum atomic E-state index is -0.649. The average molecular weight is 360 g/mol. The lowest BCUT2D eigenvalue weighted by Gasteiger charge is -2.04. The van der Waals surface area contributed by atoms with Gasteiger partial charge in [-0.1, -0.05) is 0 Å². The van der Waals surface area contributed by atoms with E-state index in [1.165, 1.54) is 11.3 Å². The zero-order chi connectivity index (χ0) is 18.1. The monoisotopic (exact) mass is 360 g/mol. The summed E-state index contributed by atoms with van der Waals surface area (Å²) in [5, 5.41) is 9.79. The van der Waals surface area contributed by atoms with Crippen molar-refractivity contribution in [3.8, 4) is 16.2 Å². The van der Waals surface area contributed by atoms with Gasteiger partial charge in [-0.2, -0.15) is 0 Å². The zero-order valence-corrected chi connectivity index (χ0v) is 14.5. The number of esters is 1. The Bertz CT molecular complexity index is 1060. The van der Waals surface area contributed by atoms with Gasteiger partial charge < -0.3 is 9.84 Å². The first kappa shape index (κ1) is 17.0. The molecule has 130 valence electrons. The summed E-state index contributed by atoms with van der Waals surface area (Å²) in [6, 6.07) is 6.59. The fourth-order valence-electron chi connectivity index (χ4n) is 2.62. The lowest BCUT2D eigenvalue weighted by atomic mass is 10.1. The third-order valence-electron chi connectivity index (χ3n) is 3.79. The normalized spacial score (nSPS) is 11.0. The van der Waals surface area contributed by atoms with Crippen molar-refractivity contribution in [1.82, 2.24) is 9.55 Å². The molecule has 3 aromatic rings. The second-order valence-corrected chi connectivity index (χ2v) is 6.45. The maximum absolute atomic E-state index is 12.7. The van der Waals surface area contributed by atoms with Crippen molar-refractivity contribution >= 4 is 27.5 Å². The van der Waals surface area contributed by atoms with Crippen LogP contribution >= 0.6 is 11.3 Å². The quantitative estimate of drug-likeness (QED) is 0.693. The van der Waals surface area contributed by atoms with Gasteiger partial charge in [0, 0.05) is 4.88 Å². The molecular weight excluding hydrogens is 344 g/mol. The molecule has 0 saturated carbocycles. The Balaban J connectivity index is 2.17. The molecule has 0 unspecified atom stereocenters. The average Bonchev–Trinajstić information content (AvgIpc) is 2.89. The molecule has 0 aliphatic carbocycles. The van der Waals surface area contributed by atoms with Crippen LogP contribution in [0.5, 0.6) is 5.75 Å². The Kier molecular flexibility index (Phi) is 4.45. The molecule has 2 heterocycles. The Morgan fingerprint density at radius 1 is 1.28 bits per heavy atom. The van der Waals surface area contributed by atoms with E-state index in [2.05, 4.69) is 4.98 Å². The van der Waals surface area contributed by atoms with E-state index in [1.807, 2.05) is 0 Å².